The molecule has 0 atom stereocenters. The number of aromatic nitrogens is 2. The minimum atomic E-state index is 0.701. The van der Waals surface area contributed by atoms with Crippen molar-refractivity contribution in [2.75, 3.05) is 11.1 Å². The van der Waals surface area contributed by atoms with Crippen molar-refractivity contribution in [3.05, 3.63) is 42.5 Å². The van der Waals surface area contributed by atoms with Gasteiger partial charge in [-0.1, -0.05) is 6.07 Å². The number of hydrogen-bond donors (Lipinski definition) is 2. The van der Waals surface area contributed by atoms with Gasteiger partial charge in [-0.25, -0.2) is 4.98 Å². The number of aryl methyl sites for hydroxylation is 1. The highest BCUT2D eigenvalue weighted by molar-refractivity contribution is 5.53. The van der Waals surface area contributed by atoms with Crippen molar-refractivity contribution in [3.8, 4) is 0 Å². The fourth-order valence-corrected chi connectivity index (χ4v) is 1.40. The predicted molar refractivity (Wildman–Crippen MR) is 61.4 cm³/mol. The van der Waals surface area contributed by atoms with Gasteiger partial charge in [-0.05, 0) is 18.2 Å². The molecule has 2 rings (SSSR count). The zero-order chi connectivity index (χ0) is 10.7. The summed E-state index contributed by atoms with van der Waals surface area (Å²) in [4.78, 5) is 4.22. The summed E-state index contributed by atoms with van der Waals surface area (Å²) in [5, 5.41) is 3.27. The van der Waals surface area contributed by atoms with Gasteiger partial charge in [0.25, 0.3) is 0 Å². The van der Waals surface area contributed by atoms with E-state index in [1.54, 1.807) is 6.20 Å². The second kappa shape index (κ2) is 4.04. The average Bonchev–Trinajstić information content (AvgIpc) is 2.61. The summed E-state index contributed by atoms with van der Waals surface area (Å²) in [7, 11) is 1.98. The van der Waals surface area contributed by atoms with Crippen LogP contribution in [-0.4, -0.2) is 9.55 Å². The van der Waals surface area contributed by atoms with Crippen LogP contribution in [0.4, 0.5) is 11.4 Å². The number of nitrogen functional groups attached to an aromatic ring is 1. The van der Waals surface area contributed by atoms with Crippen LogP contribution < -0.4 is 11.1 Å². The van der Waals surface area contributed by atoms with Crippen LogP contribution in [0.2, 0.25) is 0 Å². The molecule has 2 aromatic rings. The van der Waals surface area contributed by atoms with Gasteiger partial charge in [-0.2, -0.15) is 0 Å². The number of imidazole rings is 1. The molecule has 0 bridgehead atoms. The highest BCUT2D eigenvalue weighted by atomic mass is 15.1. The Morgan fingerprint density at radius 2 is 2.33 bits per heavy atom. The highest BCUT2D eigenvalue weighted by Gasteiger charge is 1.98. The summed E-state index contributed by atoms with van der Waals surface area (Å²) in [6, 6.07) is 7.68. The first-order valence-corrected chi connectivity index (χ1v) is 4.81. The molecule has 0 saturated heterocycles. The highest BCUT2D eigenvalue weighted by Crippen LogP contribution is 2.12. The van der Waals surface area contributed by atoms with Crippen molar-refractivity contribution in [1.82, 2.24) is 9.55 Å². The third-order valence-electron chi connectivity index (χ3n) is 2.26. The van der Waals surface area contributed by atoms with E-state index in [1.165, 1.54) is 0 Å². The fraction of sp³-hybridized carbons (Fsp3) is 0.182. The Morgan fingerprint density at radius 1 is 1.47 bits per heavy atom. The predicted octanol–water partition coefficient (Wildman–Crippen LogP) is 1.61. The van der Waals surface area contributed by atoms with Crippen molar-refractivity contribution in [1.29, 1.82) is 0 Å². The second-order valence-corrected chi connectivity index (χ2v) is 3.43. The molecule has 1 aromatic carbocycles. The second-order valence-electron chi connectivity index (χ2n) is 3.43. The molecule has 0 unspecified atom stereocenters. The Kier molecular flexibility index (Phi) is 2.58. The molecule has 3 N–H and O–H groups in total. The Morgan fingerprint density at radius 3 is 3.00 bits per heavy atom. The largest absolute Gasteiger partial charge is 0.399 e. The summed E-state index contributed by atoms with van der Waals surface area (Å²) in [5.41, 5.74) is 7.45. The molecule has 0 fully saturated rings. The Balaban J connectivity index is 2.02. The third-order valence-corrected chi connectivity index (χ3v) is 2.26. The van der Waals surface area contributed by atoms with Crippen LogP contribution in [0, 0.1) is 0 Å². The van der Waals surface area contributed by atoms with Crippen molar-refractivity contribution < 1.29 is 0 Å². The van der Waals surface area contributed by atoms with Crippen LogP contribution >= 0.6 is 0 Å². The van der Waals surface area contributed by atoms with E-state index < -0.39 is 0 Å². The van der Waals surface area contributed by atoms with E-state index in [2.05, 4.69) is 10.3 Å². The topological polar surface area (TPSA) is 55.9 Å². The SMILES string of the molecule is Cn1ccnc1CNc1cccc(N)c1. The van der Waals surface area contributed by atoms with Crippen LogP contribution in [0.1, 0.15) is 5.82 Å². The van der Waals surface area contributed by atoms with Crippen LogP contribution in [0.5, 0.6) is 0 Å². The third kappa shape index (κ3) is 2.28. The lowest BCUT2D eigenvalue weighted by atomic mass is 10.3. The minimum Gasteiger partial charge on any atom is -0.399 e. The normalized spacial score (nSPS) is 10.2. The Hall–Kier alpha value is -1.97. The van der Waals surface area contributed by atoms with Crippen LogP contribution in [0.25, 0.3) is 0 Å². The van der Waals surface area contributed by atoms with Gasteiger partial charge in [-0.15, -0.1) is 0 Å². The number of benzene rings is 1. The van der Waals surface area contributed by atoms with Gasteiger partial charge in [0.15, 0.2) is 0 Å². The van der Waals surface area contributed by atoms with E-state index in [9.17, 15) is 0 Å². The molecule has 1 heterocycles. The van der Waals surface area contributed by atoms with Gasteiger partial charge in [-0.3, -0.25) is 0 Å². The summed E-state index contributed by atoms with van der Waals surface area (Å²) in [5.74, 6) is 0.998. The summed E-state index contributed by atoms with van der Waals surface area (Å²) in [6.45, 7) is 0.701. The van der Waals surface area contributed by atoms with Crippen molar-refractivity contribution >= 4 is 11.4 Å². The number of rotatable bonds is 3. The van der Waals surface area contributed by atoms with Gasteiger partial charge in [0, 0.05) is 30.8 Å². The quantitative estimate of drug-likeness (QED) is 0.743. The zero-order valence-electron chi connectivity index (χ0n) is 8.64. The van der Waals surface area contributed by atoms with Crippen molar-refractivity contribution in [3.63, 3.8) is 0 Å². The molecular formula is C11H14N4. The van der Waals surface area contributed by atoms with Gasteiger partial charge in [0.05, 0.1) is 6.54 Å². The number of nitrogens with zero attached hydrogens (tertiary/aromatic N) is 2. The van der Waals surface area contributed by atoms with E-state index >= 15 is 0 Å². The molecule has 0 saturated carbocycles. The molecular weight excluding hydrogens is 188 g/mol. The monoisotopic (exact) mass is 202 g/mol. The van der Waals surface area contributed by atoms with E-state index in [-0.39, 0.29) is 0 Å². The van der Waals surface area contributed by atoms with Crippen molar-refractivity contribution in [2.24, 2.45) is 7.05 Å². The molecule has 0 spiro atoms. The number of hydrogen-bond acceptors (Lipinski definition) is 3. The van der Waals surface area contributed by atoms with Gasteiger partial charge in [0.2, 0.25) is 0 Å². The Labute approximate surface area is 88.7 Å². The van der Waals surface area contributed by atoms with Crippen LogP contribution in [0.15, 0.2) is 36.7 Å². The van der Waals surface area contributed by atoms with E-state index in [0.29, 0.717) is 6.54 Å². The zero-order valence-corrected chi connectivity index (χ0v) is 8.64. The molecule has 0 aliphatic rings. The molecule has 78 valence electrons. The average molecular weight is 202 g/mol. The van der Waals surface area contributed by atoms with Gasteiger partial charge >= 0.3 is 0 Å². The molecule has 0 amide bonds. The lowest BCUT2D eigenvalue weighted by Gasteiger charge is -2.06. The first-order chi connectivity index (χ1) is 7.25. The fourth-order valence-electron chi connectivity index (χ4n) is 1.40. The lowest BCUT2D eigenvalue weighted by molar-refractivity contribution is 0.813. The number of nitrogens with one attached hydrogen (secondary N) is 1. The van der Waals surface area contributed by atoms with E-state index in [0.717, 1.165) is 17.2 Å². The van der Waals surface area contributed by atoms with Crippen LogP contribution in [-0.2, 0) is 13.6 Å². The Bertz CT molecular complexity index is 447. The maximum atomic E-state index is 5.68. The van der Waals surface area contributed by atoms with Crippen molar-refractivity contribution in [2.45, 2.75) is 6.54 Å². The van der Waals surface area contributed by atoms with Gasteiger partial charge in [0.1, 0.15) is 5.82 Å². The number of nitrogens with two attached hydrogens (primary N) is 1. The molecule has 0 aliphatic heterocycles. The first kappa shape index (κ1) is 9.58. The van der Waals surface area contributed by atoms with Gasteiger partial charge < -0.3 is 15.6 Å². The minimum absolute atomic E-state index is 0.701. The summed E-state index contributed by atoms with van der Waals surface area (Å²) in [6.07, 6.45) is 3.72. The summed E-state index contributed by atoms with van der Waals surface area (Å²) < 4.78 is 1.99. The van der Waals surface area contributed by atoms with E-state index in [1.807, 2.05) is 42.1 Å². The maximum Gasteiger partial charge on any atom is 0.127 e. The maximum absolute atomic E-state index is 5.68. The van der Waals surface area contributed by atoms with Crippen LogP contribution in [0.3, 0.4) is 0 Å². The molecule has 4 heteroatoms. The van der Waals surface area contributed by atoms with E-state index in [4.69, 9.17) is 5.73 Å². The molecule has 15 heavy (non-hydrogen) atoms. The lowest BCUT2D eigenvalue weighted by Crippen LogP contribution is -2.05. The smallest absolute Gasteiger partial charge is 0.127 e. The standard InChI is InChI=1S/C11H14N4/c1-15-6-5-13-11(15)8-14-10-4-2-3-9(12)7-10/h2-7,14H,8,12H2,1H3. The molecule has 4 nitrogen and oxygen atoms in total. The molecule has 0 radical (unpaired) electrons. The molecule has 1 aromatic heterocycles. The first-order valence-electron chi connectivity index (χ1n) is 4.81. The number of anilines is 2. The molecule has 0 aliphatic carbocycles. The summed E-state index contributed by atoms with van der Waals surface area (Å²) >= 11 is 0.